The molecule has 1 amide bonds. The molecule has 0 aliphatic carbocycles. The van der Waals surface area contributed by atoms with Gasteiger partial charge in [0.05, 0.1) is 23.6 Å². The lowest BCUT2D eigenvalue weighted by Crippen LogP contribution is -2.23. The minimum absolute atomic E-state index is 0.0420. The van der Waals surface area contributed by atoms with Crippen LogP contribution in [0, 0.1) is 17.0 Å². The van der Waals surface area contributed by atoms with E-state index in [1.807, 2.05) is 0 Å². The number of ether oxygens (including phenoxy) is 1. The van der Waals surface area contributed by atoms with Crippen molar-refractivity contribution >= 4 is 34.9 Å². The second kappa shape index (κ2) is 8.80. The highest BCUT2D eigenvalue weighted by molar-refractivity contribution is 6.10. The number of hydrogen-bond donors (Lipinski definition) is 2. The van der Waals surface area contributed by atoms with Crippen LogP contribution >= 0.6 is 0 Å². The minimum atomic E-state index is -0.786. The van der Waals surface area contributed by atoms with E-state index in [2.05, 4.69) is 10.6 Å². The number of ketones is 1. The van der Waals surface area contributed by atoms with Gasteiger partial charge >= 0.3 is 5.97 Å². The second-order valence-corrected chi connectivity index (χ2v) is 5.72. The van der Waals surface area contributed by atoms with Crippen LogP contribution in [0.25, 0.3) is 0 Å². The van der Waals surface area contributed by atoms with Gasteiger partial charge in [-0.05, 0) is 26.8 Å². The smallest absolute Gasteiger partial charge is 0.344 e. The fraction of sp³-hybridized carbons (Fsp3) is 0.278. The fourth-order valence-electron chi connectivity index (χ4n) is 2.54. The number of amides is 1. The summed E-state index contributed by atoms with van der Waals surface area (Å²) >= 11 is 0. The highest BCUT2D eigenvalue weighted by Crippen LogP contribution is 2.28. The number of rotatable bonds is 8. The van der Waals surface area contributed by atoms with E-state index < -0.39 is 22.6 Å². The first kappa shape index (κ1) is 20.6. The quantitative estimate of drug-likeness (QED) is 0.304. The topological polar surface area (TPSA) is 141 Å². The van der Waals surface area contributed by atoms with Gasteiger partial charge in [0.1, 0.15) is 11.3 Å². The Kier molecular flexibility index (Phi) is 6.48. The van der Waals surface area contributed by atoms with E-state index in [0.717, 1.165) is 0 Å². The number of carbonyl (C=O) groups excluding carboxylic acids is 3. The number of nitrogens with one attached hydrogen (secondary N) is 2. The summed E-state index contributed by atoms with van der Waals surface area (Å²) in [5.41, 5.74) is 0.147. The predicted octanol–water partition coefficient (Wildman–Crippen LogP) is 2.93. The van der Waals surface area contributed by atoms with Crippen molar-refractivity contribution in [3.63, 3.8) is 0 Å². The zero-order valence-electron chi connectivity index (χ0n) is 15.5. The molecule has 1 aromatic carbocycles. The summed E-state index contributed by atoms with van der Waals surface area (Å²) in [6, 6.07) is 5.65. The van der Waals surface area contributed by atoms with Crippen molar-refractivity contribution in [3.8, 4) is 0 Å². The number of benzene rings is 1. The van der Waals surface area contributed by atoms with Crippen molar-refractivity contribution in [3.05, 3.63) is 51.3 Å². The predicted molar refractivity (Wildman–Crippen MR) is 99.6 cm³/mol. The number of Topliss-reactive ketones (excluding diaryl/α,β-unsaturated/α-hetero) is 1. The summed E-state index contributed by atoms with van der Waals surface area (Å²) in [5.74, 6) is -1.78. The summed E-state index contributed by atoms with van der Waals surface area (Å²) in [6.07, 6.45) is 0. The van der Waals surface area contributed by atoms with Crippen molar-refractivity contribution in [2.24, 2.45) is 0 Å². The van der Waals surface area contributed by atoms with E-state index in [0.29, 0.717) is 5.69 Å². The molecule has 2 aromatic rings. The monoisotopic (exact) mass is 389 g/mol. The Labute approximate surface area is 160 Å². The van der Waals surface area contributed by atoms with Gasteiger partial charge in [0.25, 0.3) is 5.69 Å². The van der Waals surface area contributed by atoms with Crippen LogP contribution in [-0.4, -0.2) is 35.7 Å². The van der Waals surface area contributed by atoms with Crippen LogP contribution in [-0.2, 0) is 9.53 Å². The lowest BCUT2D eigenvalue weighted by Gasteiger charge is -2.08. The van der Waals surface area contributed by atoms with Gasteiger partial charge in [0.15, 0.2) is 5.78 Å². The molecule has 10 nitrogen and oxygen atoms in total. The van der Waals surface area contributed by atoms with Crippen LogP contribution in [0.1, 0.15) is 40.3 Å². The van der Waals surface area contributed by atoms with E-state index in [1.165, 1.54) is 32.0 Å². The van der Waals surface area contributed by atoms with Crippen LogP contribution in [0.15, 0.2) is 28.7 Å². The van der Waals surface area contributed by atoms with Gasteiger partial charge in [-0.15, -0.1) is 0 Å². The molecule has 10 heteroatoms. The summed E-state index contributed by atoms with van der Waals surface area (Å²) < 4.78 is 10.3. The Bertz CT molecular complexity index is 933. The van der Waals surface area contributed by atoms with Crippen LogP contribution in [0.2, 0.25) is 0 Å². The SMILES string of the molecule is CCOC(=O)c1c(NC(=O)CNc2cccc([N+](=O)[O-])c2)oc(C)c1C(C)=O. The zero-order chi connectivity index (χ0) is 20.8. The molecule has 1 heterocycles. The number of nitro benzene ring substituents is 1. The maximum Gasteiger partial charge on any atom is 0.344 e. The van der Waals surface area contributed by atoms with Crippen molar-refractivity contribution in [1.29, 1.82) is 0 Å². The summed E-state index contributed by atoms with van der Waals surface area (Å²) in [6.45, 7) is 4.22. The fourth-order valence-corrected chi connectivity index (χ4v) is 2.54. The molecule has 2 N–H and O–H groups in total. The lowest BCUT2D eigenvalue weighted by atomic mass is 10.1. The third kappa shape index (κ3) is 4.72. The van der Waals surface area contributed by atoms with Gasteiger partial charge in [-0.25, -0.2) is 4.79 Å². The van der Waals surface area contributed by atoms with Crippen LogP contribution in [0.4, 0.5) is 17.3 Å². The number of carbonyl (C=O) groups is 3. The molecule has 0 atom stereocenters. The Balaban J connectivity index is 2.16. The first-order valence-electron chi connectivity index (χ1n) is 8.34. The Hall–Kier alpha value is -3.69. The van der Waals surface area contributed by atoms with Crippen molar-refractivity contribution in [2.45, 2.75) is 20.8 Å². The van der Waals surface area contributed by atoms with E-state index in [-0.39, 0.29) is 41.6 Å². The summed E-state index contributed by atoms with van der Waals surface area (Å²) in [5, 5.41) is 15.9. The molecule has 2 rings (SSSR count). The summed E-state index contributed by atoms with van der Waals surface area (Å²) in [7, 11) is 0. The molecule has 0 saturated carbocycles. The van der Waals surface area contributed by atoms with Gasteiger partial charge in [0.2, 0.25) is 11.8 Å². The minimum Gasteiger partial charge on any atom is -0.462 e. The van der Waals surface area contributed by atoms with E-state index in [9.17, 15) is 24.5 Å². The first-order valence-corrected chi connectivity index (χ1v) is 8.34. The largest absolute Gasteiger partial charge is 0.462 e. The van der Waals surface area contributed by atoms with Crippen LogP contribution in [0.3, 0.4) is 0 Å². The molecule has 0 unspecified atom stereocenters. The molecule has 0 saturated heterocycles. The lowest BCUT2D eigenvalue weighted by molar-refractivity contribution is -0.384. The number of non-ortho nitro benzene ring substituents is 1. The third-order valence-corrected chi connectivity index (χ3v) is 3.68. The highest BCUT2D eigenvalue weighted by atomic mass is 16.6. The van der Waals surface area contributed by atoms with Crippen molar-refractivity contribution in [2.75, 3.05) is 23.8 Å². The molecular formula is C18H19N3O7. The third-order valence-electron chi connectivity index (χ3n) is 3.68. The second-order valence-electron chi connectivity index (χ2n) is 5.72. The average Bonchev–Trinajstić information content (AvgIpc) is 2.96. The van der Waals surface area contributed by atoms with Gasteiger partial charge in [-0.1, -0.05) is 6.07 Å². The molecule has 148 valence electrons. The highest BCUT2D eigenvalue weighted by Gasteiger charge is 2.28. The van der Waals surface area contributed by atoms with Gasteiger partial charge in [-0.3, -0.25) is 25.0 Å². The Morgan fingerprint density at radius 1 is 1.25 bits per heavy atom. The van der Waals surface area contributed by atoms with Gasteiger partial charge in [0, 0.05) is 17.8 Å². The molecule has 0 aliphatic heterocycles. The molecule has 0 fully saturated rings. The molecule has 0 aliphatic rings. The van der Waals surface area contributed by atoms with Crippen molar-refractivity contribution < 1.29 is 28.5 Å². The number of aryl methyl sites for hydroxylation is 1. The molecule has 0 spiro atoms. The first-order chi connectivity index (χ1) is 13.2. The number of hydrogen-bond acceptors (Lipinski definition) is 8. The average molecular weight is 389 g/mol. The van der Waals surface area contributed by atoms with Crippen LogP contribution in [0.5, 0.6) is 0 Å². The Morgan fingerprint density at radius 3 is 2.57 bits per heavy atom. The van der Waals surface area contributed by atoms with Crippen LogP contribution < -0.4 is 10.6 Å². The molecule has 28 heavy (non-hydrogen) atoms. The normalized spacial score (nSPS) is 10.2. The number of esters is 1. The molecule has 1 aromatic heterocycles. The number of nitrogens with zero attached hydrogens (tertiary/aromatic N) is 1. The maximum absolute atomic E-state index is 12.2. The van der Waals surface area contributed by atoms with E-state index >= 15 is 0 Å². The van der Waals surface area contributed by atoms with E-state index in [4.69, 9.17) is 9.15 Å². The van der Waals surface area contributed by atoms with E-state index in [1.54, 1.807) is 13.0 Å². The van der Waals surface area contributed by atoms with Gasteiger partial charge < -0.3 is 14.5 Å². The standard InChI is InChI=1S/C18H19N3O7/c1-4-27-18(24)16-15(10(2)22)11(3)28-17(16)20-14(23)9-19-12-6-5-7-13(8-12)21(25)26/h5-8,19H,4,9H2,1-3H3,(H,20,23). The zero-order valence-corrected chi connectivity index (χ0v) is 15.5. The number of furan rings is 1. The number of anilines is 2. The van der Waals surface area contributed by atoms with Gasteiger partial charge in [-0.2, -0.15) is 0 Å². The maximum atomic E-state index is 12.2. The number of nitro groups is 1. The molecule has 0 radical (unpaired) electrons. The van der Waals surface area contributed by atoms with Crippen molar-refractivity contribution in [1.82, 2.24) is 0 Å². The summed E-state index contributed by atoms with van der Waals surface area (Å²) in [4.78, 5) is 46.5. The Morgan fingerprint density at radius 2 is 1.96 bits per heavy atom. The molecule has 0 bridgehead atoms. The molecular weight excluding hydrogens is 370 g/mol.